The van der Waals surface area contributed by atoms with Gasteiger partial charge in [0.1, 0.15) is 7.80 Å². The molecule has 5 heteroatoms. The molecule has 0 amide bonds. The van der Waals surface area contributed by atoms with Crippen molar-refractivity contribution in [3.8, 4) is 0 Å². The summed E-state index contributed by atoms with van der Waals surface area (Å²) in [6.07, 6.45) is 0.0599. The Morgan fingerprint density at radius 2 is 2.30 bits per heavy atom. The van der Waals surface area contributed by atoms with Crippen molar-refractivity contribution in [2.45, 2.75) is 6.42 Å². The summed E-state index contributed by atoms with van der Waals surface area (Å²) < 4.78 is 14.9. The van der Waals surface area contributed by atoms with Crippen molar-refractivity contribution in [1.82, 2.24) is 0 Å². The minimum atomic E-state index is -1.93. The third-order valence-corrected chi connectivity index (χ3v) is 2.17. The summed E-state index contributed by atoms with van der Waals surface area (Å²) in [6.45, 7) is 0. The van der Waals surface area contributed by atoms with Crippen molar-refractivity contribution >= 4 is 13.8 Å². The lowest BCUT2D eigenvalue weighted by atomic mass is 10.5. The quantitative estimate of drug-likeness (QED) is 0.473. The van der Waals surface area contributed by atoms with E-state index < -0.39 is 7.80 Å². The van der Waals surface area contributed by atoms with Crippen LogP contribution in [0.15, 0.2) is 0 Å². The van der Waals surface area contributed by atoms with Gasteiger partial charge in [-0.05, 0) is 0 Å². The zero-order chi connectivity index (χ0) is 7.98. The normalized spacial score (nSPS) is 12.6. The van der Waals surface area contributed by atoms with E-state index in [0.717, 1.165) is 0 Å². The second kappa shape index (κ2) is 5.45. The summed E-state index contributed by atoms with van der Waals surface area (Å²) in [5.41, 5.74) is 0. The fourth-order valence-electron chi connectivity index (χ4n) is 0.423. The van der Waals surface area contributed by atoms with E-state index in [-0.39, 0.29) is 24.9 Å². The van der Waals surface area contributed by atoms with Crippen LogP contribution in [0.1, 0.15) is 6.42 Å². The molecule has 60 valence electrons. The number of ether oxygens (including phenoxy) is 1. The first-order chi connectivity index (χ1) is 4.70. The minimum absolute atomic E-state index is 0.134. The summed E-state index contributed by atoms with van der Waals surface area (Å²) in [6, 6.07) is 0. The van der Waals surface area contributed by atoms with Gasteiger partial charge in [-0.1, -0.05) is 0 Å². The molecule has 0 aromatic heterocycles. The summed E-state index contributed by atoms with van der Waals surface area (Å²) in [5, 5.41) is 8.30. The largest absolute Gasteiger partial charge is 0.469 e. The molecule has 0 aromatic carbocycles. The molecule has 0 aliphatic rings. The van der Waals surface area contributed by atoms with E-state index in [1.807, 2.05) is 0 Å². The lowest BCUT2D eigenvalue weighted by molar-refractivity contribution is -0.140. The van der Waals surface area contributed by atoms with Crippen LogP contribution in [0.2, 0.25) is 0 Å². The Morgan fingerprint density at radius 1 is 1.70 bits per heavy atom. The predicted octanol–water partition coefficient (Wildman–Crippen LogP) is 0.0590. The average Bonchev–Trinajstić information content (AvgIpc) is 1.99. The van der Waals surface area contributed by atoms with Crippen LogP contribution in [-0.2, 0) is 14.1 Å². The van der Waals surface area contributed by atoms with Crippen LogP contribution in [0.3, 0.4) is 0 Å². The number of carbonyl (C=O) groups is 1. The first kappa shape index (κ1) is 9.66. The summed E-state index contributed by atoms with van der Waals surface area (Å²) >= 11 is 0. The van der Waals surface area contributed by atoms with Crippen molar-refractivity contribution in [2.75, 3.05) is 19.6 Å². The zero-order valence-corrected chi connectivity index (χ0v) is 6.79. The van der Waals surface area contributed by atoms with E-state index in [1.165, 1.54) is 7.11 Å². The van der Waals surface area contributed by atoms with Gasteiger partial charge in [0.05, 0.1) is 19.9 Å². The maximum atomic E-state index is 10.6. The molecular weight excluding hydrogens is 155 g/mol. The van der Waals surface area contributed by atoms with Crippen molar-refractivity contribution in [3.05, 3.63) is 0 Å². The molecule has 0 heterocycles. The number of hydrogen-bond donors (Lipinski definition) is 1. The van der Waals surface area contributed by atoms with E-state index in [4.69, 9.17) is 5.11 Å². The second-order valence-electron chi connectivity index (χ2n) is 1.77. The molecule has 1 atom stereocenters. The molecular formula is C5H11O4P. The summed E-state index contributed by atoms with van der Waals surface area (Å²) in [7, 11) is -0.653. The molecule has 0 saturated heterocycles. The third-order valence-electron chi connectivity index (χ3n) is 1.01. The molecule has 0 bridgehead atoms. The highest BCUT2D eigenvalue weighted by molar-refractivity contribution is 7.44. The lowest BCUT2D eigenvalue weighted by Crippen LogP contribution is -2.01. The van der Waals surface area contributed by atoms with Gasteiger partial charge in [-0.2, -0.15) is 0 Å². The van der Waals surface area contributed by atoms with E-state index in [9.17, 15) is 9.36 Å². The Hall–Kier alpha value is -0.340. The number of carbonyl (C=O) groups excluding carboxylic acids is 1. The number of hydrogen-bond acceptors (Lipinski definition) is 4. The highest BCUT2D eigenvalue weighted by Crippen LogP contribution is 2.18. The predicted molar refractivity (Wildman–Crippen MR) is 37.6 cm³/mol. The minimum Gasteiger partial charge on any atom is -0.469 e. The molecule has 0 spiro atoms. The number of aliphatic hydroxyl groups excluding tert-OH is 1. The van der Waals surface area contributed by atoms with E-state index >= 15 is 0 Å². The zero-order valence-electron chi connectivity index (χ0n) is 5.79. The Bertz CT molecular complexity index is 118. The van der Waals surface area contributed by atoms with E-state index in [1.54, 1.807) is 0 Å². The van der Waals surface area contributed by atoms with Crippen LogP contribution in [-0.4, -0.2) is 30.7 Å². The fraction of sp³-hybridized carbons (Fsp3) is 0.800. The summed E-state index contributed by atoms with van der Waals surface area (Å²) in [4.78, 5) is 10.4. The number of rotatable bonds is 4. The molecule has 4 nitrogen and oxygen atoms in total. The molecule has 0 radical (unpaired) electrons. The van der Waals surface area contributed by atoms with Crippen LogP contribution in [0.5, 0.6) is 0 Å². The molecule has 0 saturated carbocycles. The SMILES string of the molecule is COC(=O)CC[PH](=O)CO. The van der Waals surface area contributed by atoms with Crippen molar-refractivity contribution in [2.24, 2.45) is 0 Å². The molecule has 0 rings (SSSR count). The van der Waals surface area contributed by atoms with Gasteiger partial charge in [0, 0.05) is 6.16 Å². The van der Waals surface area contributed by atoms with E-state index in [0.29, 0.717) is 0 Å². The third kappa shape index (κ3) is 4.53. The number of methoxy groups -OCH3 is 1. The van der Waals surface area contributed by atoms with Crippen molar-refractivity contribution in [3.63, 3.8) is 0 Å². The van der Waals surface area contributed by atoms with Gasteiger partial charge in [-0.25, -0.2) is 0 Å². The van der Waals surface area contributed by atoms with Gasteiger partial charge in [-0.15, -0.1) is 0 Å². The second-order valence-corrected chi connectivity index (χ2v) is 3.67. The van der Waals surface area contributed by atoms with Crippen LogP contribution in [0.25, 0.3) is 0 Å². The average molecular weight is 166 g/mol. The number of aliphatic hydroxyl groups is 1. The Kier molecular flexibility index (Phi) is 5.26. The summed E-state index contributed by atoms with van der Waals surface area (Å²) in [5.74, 6) is -0.383. The molecule has 0 fully saturated rings. The van der Waals surface area contributed by atoms with Gasteiger partial charge >= 0.3 is 5.97 Å². The Labute approximate surface area is 60.0 Å². The molecule has 1 unspecified atom stereocenters. The molecule has 0 aliphatic carbocycles. The Balaban J connectivity index is 3.35. The maximum Gasteiger partial charge on any atom is 0.305 e. The van der Waals surface area contributed by atoms with E-state index in [2.05, 4.69) is 4.74 Å². The van der Waals surface area contributed by atoms with Crippen LogP contribution in [0.4, 0.5) is 0 Å². The highest BCUT2D eigenvalue weighted by atomic mass is 31.1. The molecule has 1 N–H and O–H groups in total. The highest BCUT2D eigenvalue weighted by Gasteiger charge is 2.02. The van der Waals surface area contributed by atoms with Gasteiger partial charge in [0.15, 0.2) is 0 Å². The number of esters is 1. The standard InChI is InChI=1S/C5H11O4P/c1-9-5(7)2-3-10(8)4-6/h6,10H,2-4H2,1H3. The fourth-order valence-corrected chi connectivity index (χ4v) is 1.06. The molecule has 10 heavy (non-hydrogen) atoms. The topological polar surface area (TPSA) is 63.6 Å². The smallest absolute Gasteiger partial charge is 0.305 e. The van der Waals surface area contributed by atoms with Crippen molar-refractivity contribution < 1.29 is 19.2 Å². The van der Waals surface area contributed by atoms with Gasteiger partial charge in [-0.3, -0.25) is 4.79 Å². The van der Waals surface area contributed by atoms with Gasteiger partial charge in [0.2, 0.25) is 0 Å². The van der Waals surface area contributed by atoms with Crippen LogP contribution < -0.4 is 0 Å². The first-order valence-corrected chi connectivity index (χ1v) is 4.72. The van der Waals surface area contributed by atoms with Gasteiger partial charge in [0.25, 0.3) is 0 Å². The van der Waals surface area contributed by atoms with Crippen molar-refractivity contribution in [1.29, 1.82) is 0 Å². The monoisotopic (exact) mass is 166 g/mol. The van der Waals surface area contributed by atoms with Crippen LogP contribution in [0, 0.1) is 0 Å². The molecule has 0 aliphatic heterocycles. The Morgan fingerprint density at radius 3 is 2.70 bits per heavy atom. The maximum absolute atomic E-state index is 10.6. The van der Waals surface area contributed by atoms with Gasteiger partial charge < -0.3 is 14.4 Å². The first-order valence-electron chi connectivity index (χ1n) is 2.90. The van der Waals surface area contributed by atoms with Crippen LogP contribution >= 0.6 is 7.80 Å². The lowest BCUT2D eigenvalue weighted by Gasteiger charge is -1.96. The molecule has 0 aromatic rings.